The Bertz CT molecular complexity index is 466. The lowest BCUT2D eigenvalue weighted by molar-refractivity contribution is 0.202. The van der Waals surface area contributed by atoms with Gasteiger partial charge >= 0.3 is 0 Å². The minimum atomic E-state index is 0.491. The number of nitrogens with zero attached hydrogens (tertiary/aromatic N) is 4. The van der Waals surface area contributed by atoms with E-state index >= 15 is 0 Å². The fraction of sp³-hybridized carbons (Fsp3) is 0.692. The molecule has 2 aliphatic rings. The van der Waals surface area contributed by atoms with E-state index in [9.17, 15) is 0 Å². The lowest BCUT2D eigenvalue weighted by atomic mass is 10.1. The second kappa shape index (κ2) is 5.25. The molecule has 0 aromatic carbocycles. The number of hydrogen-bond acceptors (Lipinski definition) is 5. The summed E-state index contributed by atoms with van der Waals surface area (Å²) in [4.78, 5) is 13.9. The topological polar surface area (TPSA) is 44.3 Å². The van der Waals surface area contributed by atoms with Gasteiger partial charge in [-0.25, -0.2) is 4.98 Å². The molecule has 0 bridgehead atoms. The van der Waals surface area contributed by atoms with Gasteiger partial charge in [0.2, 0.25) is 5.95 Å². The van der Waals surface area contributed by atoms with Gasteiger partial charge in [-0.05, 0) is 42.2 Å². The summed E-state index contributed by atoms with van der Waals surface area (Å²) in [5, 5.41) is 3.01. The SMILES string of the molecule is CNc1ncc(Br)c(N2CC3CCCN3CC2C)n1. The maximum Gasteiger partial charge on any atom is 0.224 e. The van der Waals surface area contributed by atoms with Crippen molar-refractivity contribution in [1.29, 1.82) is 0 Å². The molecule has 1 N–H and O–H groups in total. The van der Waals surface area contributed by atoms with E-state index in [1.54, 1.807) is 0 Å². The molecule has 2 aliphatic heterocycles. The zero-order valence-electron chi connectivity index (χ0n) is 11.4. The molecule has 1 aromatic rings. The molecule has 1 aromatic heterocycles. The molecule has 0 spiro atoms. The summed E-state index contributed by atoms with van der Waals surface area (Å²) in [6.07, 6.45) is 4.48. The molecule has 3 rings (SSSR count). The quantitative estimate of drug-likeness (QED) is 0.900. The van der Waals surface area contributed by atoms with E-state index in [1.807, 2.05) is 13.2 Å². The second-order valence-electron chi connectivity index (χ2n) is 5.41. The Balaban J connectivity index is 1.88. The first kappa shape index (κ1) is 13.1. The molecule has 104 valence electrons. The third kappa shape index (κ3) is 2.43. The molecule has 0 saturated carbocycles. The van der Waals surface area contributed by atoms with E-state index in [-0.39, 0.29) is 0 Å². The summed E-state index contributed by atoms with van der Waals surface area (Å²) in [6.45, 7) is 5.74. The predicted molar refractivity (Wildman–Crippen MR) is 80.7 cm³/mol. The summed E-state index contributed by atoms with van der Waals surface area (Å²) < 4.78 is 0.977. The van der Waals surface area contributed by atoms with E-state index in [0.29, 0.717) is 18.0 Å². The Hall–Kier alpha value is -0.880. The Morgan fingerprint density at radius 1 is 1.42 bits per heavy atom. The zero-order chi connectivity index (χ0) is 13.4. The van der Waals surface area contributed by atoms with Crippen molar-refractivity contribution in [1.82, 2.24) is 14.9 Å². The van der Waals surface area contributed by atoms with Gasteiger partial charge in [0.05, 0.1) is 4.47 Å². The van der Waals surface area contributed by atoms with Crippen LogP contribution in [0.1, 0.15) is 19.8 Å². The van der Waals surface area contributed by atoms with E-state index in [4.69, 9.17) is 0 Å². The van der Waals surface area contributed by atoms with Crippen molar-refractivity contribution < 1.29 is 0 Å². The van der Waals surface area contributed by atoms with Crippen LogP contribution >= 0.6 is 15.9 Å². The molecule has 3 heterocycles. The van der Waals surface area contributed by atoms with E-state index in [0.717, 1.165) is 23.4 Å². The van der Waals surface area contributed by atoms with Gasteiger partial charge < -0.3 is 10.2 Å². The Labute approximate surface area is 122 Å². The van der Waals surface area contributed by atoms with E-state index in [1.165, 1.54) is 19.4 Å². The summed E-state index contributed by atoms with van der Waals surface area (Å²) >= 11 is 3.59. The smallest absolute Gasteiger partial charge is 0.224 e. The van der Waals surface area contributed by atoms with Crippen LogP contribution in [0.5, 0.6) is 0 Å². The highest BCUT2D eigenvalue weighted by Crippen LogP contribution is 2.31. The van der Waals surface area contributed by atoms with Gasteiger partial charge in [-0.3, -0.25) is 4.90 Å². The molecule has 2 saturated heterocycles. The van der Waals surface area contributed by atoms with Gasteiger partial charge in [0.1, 0.15) is 5.82 Å². The predicted octanol–water partition coefficient (Wildman–Crippen LogP) is 1.95. The van der Waals surface area contributed by atoms with Crippen LogP contribution < -0.4 is 10.2 Å². The molecule has 19 heavy (non-hydrogen) atoms. The maximum absolute atomic E-state index is 4.62. The fourth-order valence-corrected chi connectivity index (χ4v) is 3.58. The molecule has 2 fully saturated rings. The van der Waals surface area contributed by atoms with Gasteiger partial charge in [-0.2, -0.15) is 4.98 Å². The van der Waals surface area contributed by atoms with Gasteiger partial charge in [-0.1, -0.05) is 0 Å². The number of nitrogens with one attached hydrogen (secondary N) is 1. The van der Waals surface area contributed by atoms with E-state index < -0.39 is 0 Å². The highest BCUT2D eigenvalue weighted by molar-refractivity contribution is 9.10. The summed E-state index contributed by atoms with van der Waals surface area (Å²) in [5.41, 5.74) is 0. The molecule has 2 unspecified atom stereocenters. The molecular formula is C13H20BrN5. The number of rotatable bonds is 2. The highest BCUT2D eigenvalue weighted by Gasteiger charge is 2.35. The minimum Gasteiger partial charge on any atom is -0.357 e. The van der Waals surface area contributed by atoms with Crippen LogP contribution in [0, 0.1) is 0 Å². The summed E-state index contributed by atoms with van der Waals surface area (Å²) in [7, 11) is 1.85. The first-order chi connectivity index (χ1) is 9.19. The van der Waals surface area contributed by atoms with Crippen LogP contribution in [0.25, 0.3) is 0 Å². The Morgan fingerprint density at radius 3 is 3.05 bits per heavy atom. The molecule has 0 amide bonds. The van der Waals surface area contributed by atoms with Crippen LogP contribution in [-0.2, 0) is 0 Å². The molecule has 0 radical (unpaired) electrons. The standard InChI is InChI=1S/C13H20BrN5/c1-9-7-18-5-3-4-10(18)8-19(9)12-11(14)6-16-13(15-2)17-12/h6,9-10H,3-5,7-8H2,1-2H3,(H,15,16,17). The van der Waals surface area contributed by atoms with Crippen molar-refractivity contribution in [2.24, 2.45) is 0 Å². The third-order valence-corrected chi connectivity index (χ3v) is 4.72. The number of halogens is 1. The molecule has 5 nitrogen and oxygen atoms in total. The zero-order valence-corrected chi connectivity index (χ0v) is 13.0. The van der Waals surface area contributed by atoms with Gasteiger partial charge in [0.15, 0.2) is 0 Å². The average Bonchev–Trinajstić information content (AvgIpc) is 2.85. The van der Waals surface area contributed by atoms with Gasteiger partial charge in [0, 0.05) is 38.4 Å². The molecule has 6 heteroatoms. The molecule has 0 aliphatic carbocycles. The summed E-state index contributed by atoms with van der Waals surface area (Å²) in [6, 6.07) is 1.18. The lowest BCUT2D eigenvalue weighted by Crippen LogP contribution is -2.55. The van der Waals surface area contributed by atoms with Crippen molar-refractivity contribution in [2.45, 2.75) is 31.8 Å². The average molecular weight is 326 g/mol. The van der Waals surface area contributed by atoms with Crippen molar-refractivity contribution >= 4 is 27.7 Å². The number of hydrogen-bond donors (Lipinski definition) is 1. The van der Waals surface area contributed by atoms with Crippen LogP contribution in [0.3, 0.4) is 0 Å². The number of anilines is 2. The number of piperazine rings is 1. The summed E-state index contributed by atoms with van der Waals surface area (Å²) in [5.74, 6) is 1.69. The number of aromatic nitrogens is 2. The van der Waals surface area contributed by atoms with Crippen LogP contribution in [0.2, 0.25) is 0 Å². The highest BCUT2D eigenvalue weighted by atomic mass is 79.9. The van der Waals surface area contributed by atoms with Crippen LogP contribution in [0.4, 0.5) is 11.8 Å². The number of fused-ring (bicyclic) bond motifs is 1. The maximum atomic E-state index is 4.62. The lowest BCUT2D eigenvalue weighted by Gasteiger charge is -2.43. The fourth-order valence-electron chi connectivity index (χ4n) is 3.16. The van der Waals surface area contributed by atoms with E-state index in [2.05, 4.69) is 47.9 Å². The van der Waals surface area contributed by atoms with Gasteiger partial charge in [0.25, 0.3) is 0 Å². The van der Waals surface area contributed by atoms with Crippen LogP contribution in [0.15, 0.2) is 10.7 Å². The minimum absolute atomic E-state index is 0.491. The van der Waals surface area contributed by atoms with Crippen molar-refractivity contribution in [3.63, 3.8) is 0 Å². The van der Waals surface area contributed by atoms with Crippen molar-refractivity contribution in [2.75, 3.05) is 36.9 Å². The van der Waals surface area contributed by atoms with Crippen molar-refractivity contribution in [3.8, 4) is 0 Å². The van der Waals surface area contributed by atoms with Crippen LogP contribution in [-0.4, -0.2) is 53.6 Å². The normalized spacial score (nSPS) is 27.4. The Morgan fingerprint density at radius 2 is 2.26 bits per heavy atom. The monoisotopic (exact) mass is 325 g/mol. The largest absolute Gasteiger partial charge is 0.357 e. The Kier molecular flexibility index (Phi) is 3.62. The van der Waals surface area contributed by atoms with Crippen molar-refractivity contribution in [3.05, 3.63) is 10.7 Å². The first-order valence-electron chi connectivity index (χ1n) is 6.90. The first-order valence-corrected chi connectivity index (χ1v) is 7.69. The molecular weight excluding hydrogens is 306 g/mol. The third-order valence-electron chi connectivity index (χ3n) is 4.16. The second-order valence-corrected chi connectivity index (χ2v) is 6.26. The van der Waals surface area contributed by atoms with Gasteiger partial charge in [-0.15, -0.1) is 0 Å². The molecule has 2 atom stereocenters.